The molecular formula is C26H31Cl2N5O2. The van der Waals surface area contributed by atoms with Gasteiger partial charge in [-0.05, 0) is 65.9 Å². The number of halogens is 2. The van der Waals surface area contributed by atoms with Crippen LogP contribution in [-0.2, 0) is 4.74 Å². The minimum absolute atomic E-state index is 0.0325. The summed E-state index contributed by atoms with van der Waals surface area (Å²) in [5, 5.41) is 13.6. The lowest BCUT2D eigenvalue weighted by Crippen LogP contribution is -2.48. The van der Waals surface area contributed by atoms with Crippen LogP contribution in [0.15, 0.2) is 18.2 Å². The number of hydrogen-bond donors (Lipinski definition) is 1. The zero-order valence-electron chi connectivity index (χ0n) is 20.6. The van der Waals surface area contributed by atoms with E-state index in [9.17, 15) is 10.1 Å². The standard InChI is InChI=1S/C26H31Cl2N5O2/c1-16-22(17-7-5-8-18(27)21(17)28)31-19(15-29)23(30-16)33-13-11-26(12-14-33)10-6-9-20(26)35-24(34)32-25(2,3)4/h5,7-8,20H,6,9-14H2,1-4H3,(H,32,34)/t20-/m1/s1. The molecule has 2 aromatic rings. The zero-order valence-corrected chi connectivity index (χ0v) is 22.1. The molecule has 186 valence electrons. The smallest absolute Gasteiger partial charge is 0.407 e. The van der Waals surface area contributed by atoms with Gasteiger partial charge in [0.1, 0.15) is 12.2 Å². The van der Waals surface area contributed by atoms with E-state index in [1.54, 1.807) is 12.1 Å². The fourth-order valence-corrected chi connectivity index (χ4v) is 5.63. The van der Waals surface area contributed by atoms with Gasteiger partial charge < -0.3 is 15.0 Å². The van der Waals surface area contributed by atoms with Crippen LogP contribution in [0.25, 0.3) is 11.3 Å². The zero-order chi connectivity index (χ0) is 25.4. The highest BCUT2D eigenvalue weighted by Crippen LogP contribution is 2.48. The molecule has 0 unspecified atom stereocenters. The summed E-state index contributed by atoms with van der Waals surface area (Å²) in [6.07, 6.45) is 4.26. The summed E-state index contributed by atoms with van der Waals surface area (Å²) >= 11 is 12.6. The van der Waals surface area contributed by atoms with Crippen molar-refractivity contribution < 1.29 is 9.53 Å². The van der Waals surface area contributed by atoms with Crippen LogP contribution in [0.2, 0.25) is 10.0 Å². The number of hydrogen-bond acceptors (Lipinski definition) is 6. The second kappa shape index (κ2) is 9.83. The van der Waals surface area contributed by atoms with E-state index < -0.39 is 0 Å². The first-order chi connectivity index (χ1) is 16.5. The molecule has 0 radical (unpaired) electrons. The molecule has 1 aliphatic heterocycles. The third kappa shape index (κ3) is 5.34. The van der Waals surface area contributed by atoms with Crippen molar-refractivity contribution in [3.8, 4) is 17.3 Å². The van der Waals surface area contributed by atoms with E-state index in [2.05, 4.69) is 21.3 Å². The van der Waals surface area contributed by atoms with Crippen LogP contribution < -0.4 is 10.2 Å². The molecular weight excluding hydrogens is 485 g/mol. The molecule has 35 heavy (non-hydrogen) atoms. The highest BCUT2D eigenvalue weighted by atomic mass is 35.5. The molecule has 2 aliphatic rings. The van der Waals surface area contributed by atoms with Crippen molar-refractivity contribution in [1.82, 2.24) is 15.3 Å². The number of nitrogens with zero attached hydrogens (tertiary/aromatic N) is 4. The molecule has 7 nitrogen and oxygen atoms in total. The van der Waals surface area contributed by atoms with Gasteiger partial charge in [-0.25, -0.2) is 14.8 Å². The van der Waals surface area contributed by atoms with Crippen LogP contribution in [0.5, 0.6) is 0 Å². The number of benzene rings is 1. The monoisotopic (exact) mass is 515 g/mol. The predicted octanol–water partition coefficient (Wildman–Crippen LogP) is 6.29. The van der Waals surface area contributed by atoms with E-state index in [4.69, 9.17) is 32.9 Å². The molecule has 2 heterocycles. The Hall–Kier alpha value is -2.56. The molecule has 1 saturated carbocycles. The molecule has 1 aromatic heterocycles. The second-order valence-corrected chi connectivity index (χ2v) is 11.3. The number of nitriles is 1. The van der Waals surface area contributed by atoms with Gasteiger partial charge in [-0.1, -0.05) is 35.3 Å². The van der Waals surface area contributed by atoms with Crippen LogP contribution in [-0.4, -0.2) is 40.8 Å². The lowest BCUT2D eigenvalue weighted by molar-refractivity contribution is 0.00884. The summed E-state index contributed by atoms with van der Waals surface area (Å²) in [5.74, 6) is 0.586. The lowest BCUT2D eigenvalue weighted by atomic mass is 9.75. The molecule has 9 heteroatoms. The van der Waals surface area contributed by atoms with E-state index >= 15 is 0 Å². The molecule has 1 aromatic carbocycles. The van der Waals surface area contributed by atoms with Gasteiger partial charge in [0.15, 0.2) is 11.5 Å². The Bertz CT molecular complexity index is 1160. The minimum Gasteiger partial charge on any atom is -0.446 e. The fourth-order valence-electron chi connectivity index (χ4n) is 5.24. The summed E-state index contributed by atoms with van der Waals surface area (Å²) in [6.45, 7) is 9.14. The number of aromatic nitrogens is 2. The first-order valence-corrected chi connectivity index (χ1v) is 12.8. The van der Waals surface area contributed by atoms with E-state index in [1.165, 1.54) is 0 Å². The van der Waals surface area contributed by atoms with Gasteiger partial charge >= 0.3 is 6.09 Å². The topological polar surface area (TPSA) is 91.1 Å². The van der Waals surface area contributed by atoms with E-state index in [0.717, 1.165) is 45.2 Å². The SMILES string of the molecule is Cc1nc(N2CCC3(CCC[C@H]3OC(=O)NC(C)(C)C)CC2)c(C#N)nc1-c1cccc(Cl)c1Cl. The molecule has 1 aliphatic carbocycles. The highest BCUT2D eigenvalue weighted by molar-refractivity contribution is 6.43. The quantitative estimate of drug-likeness (QED) is 0.515. The summed E-state index contributed by atoms with van der Waals surface area (Å²) in [5.41, 5.74) is 1.79. The van der Waals surface area contributed by atoms with Crippen LogP contribution in [0.3, 0.4) is 0 Å². The summed E-state index contributed by atoms with van der Waals surface area (Å²) in [7, 11) is 0. The maximum atomic E-state index is 12.4. The van der Waals surface area contributed by atoms with Crippen molar-refractivity contribution in [2.45, 2.75) is 71.4 Å². The van der Waals surface area contributed by atoms with Gasteiger partial charge in [0, 0.05) is 29.6 Å². The third-order valence-corrected chi connectivity index (χ3v) is 7.79. The second-order valence-electron chi connectivity index (χ2n) is 10.6. The lowest BCUT2D eigenvalue weighted by Gasteiger charge is -2.43. The van der Waals surface area contributed by atoms with Crippen molar-refractivity contribution in [1.29, 1.82) is 5.26 Å². The Morgan fingerprint density at radius 3 is 2.60 bits per heavy atom. The van der Waals surface area contributed by atoms with Crippen LogP contribution in [0.4, 0.5) is 10.6 Å². The molecule has 1 atom stereocenters. The van der Waals surface area contributed by atoms with Gasteiger partial charge in [0.05, 0.1) is 21.4 Å². The number of anilines is 1. The Morgan fingerprint density at radius 1 is 1.23 bits per heavy atom. The number of alkyl carbamates (subject to hydrolysis) is 1. The average Bonchev–Trinajstić information content (AvgIpc) is 3.16. The maximum Gasteiger partial charge on any atom is 0.407 e. The van der Waals surface area contributed by atoms with Crippen LogP contribution in [0.1, 0.15) is 64.3 Å². The van der Waals surface area contributed by atoms with Crippen molar-refractivity contribution in [3.63, 3.8) is 0 Å². The van der Waals surface area contributed by atoms with Gasteiger partial charge in [0.25, 0.3) is 0 Å². The normalized spacial score (nSPS) is 19.5. The first kappa shape index (κ1) is 25.5. The summed E-state index contributed by atoms with van der Waals surface area (Å²) < 4.78 is 5.90. The summed E-state index contributed by atoms with van der Waals surface area (Å²) in [4.78, 5) is 24.0. The van der Waals surface area contributed by atoms with Crippen molar-refractivity contribution >= 4 is 35.1 Å². The van der Waals surface area contributed by atoms with Crippen LogP contribution in [0, 0.1) is 23.7 Å². The number of rotatable bonds is 3. The van der Waals surface area contributed by atoms with Crippen LogP contribution >= 0.6 is 23.2 Å². The van der Waals surface area contributed by atoms with Gasteiger partial charge in [-0.2, -0.15) is 5.26 Å². The first-order valence-electron chi connectivity index (χ1n) is 12.0. The Morgan fingerprint density at radius 2 is 1.94 bits per heavy atom. The van der Waals surface area contributed by atoms with E-state index in [1.807, 2.05) is 33.8 Å². The molecule has 1 amide bonds. The third-order valence-electron chi connectivity index (χ3n) is 6.97. The number of carbonyl (C=O) groups is 1. The molecule has 1 spiro atoms. The Labute approximate surface area is 216 Å². The number of ether oxygens (including phenoxy) is 1. The van der Waals surface area contributed by atoms with E-state index in [-0.39, 0.29) is 28.8 Å². The van der Waals surface area contributed by atoms with Crippen molar-refractivity contribution in [3.05, 3.63) is 39.6 Å². The fraction of sp³-hybridized carbons (Fsp3) is 0.538. The molecule has 1 saturated heterocycles. The Balaban J connectivity index is 1.52. The average molecular weight is 516 g/mol. The summed E-state index contributed by atoms with van der Waals surface area (Å²) in [6, 6.07) is 7.56. The number of amides is 1. The van der Waals surface area contributed by atoms with Gasteiger partial charge in [0.2, 0.25) is 0 Å². The van der Waals surface area contributed by atoms with Gasteiger partial charge in [-0.3, -0.25) is 0 Å². The Kier molecular flexibility index (Phi) is 7.17. The predicted molar refractivity (Wildman–Crippen MR) is 138 cm³/mol. The number of piperidine rings is 1. The van der Waals surface area contributed by atoms with Crippen molar-refractivity contribution in [2.24, 2.45) is 5.41 Å². The maximum absolute atomic E-state index is 12.4. The van der Waals surface area contributed by atoms with Gasteiger partial charge in [-0.15, -0.1) is 0 Å². The minimum atomic E-state index is -0.352. The van der Waals surface area contributed by atoms with Crippen molar-refractivity contribution in [2.75, 3.05) is 18.0 Å². The molecule has 0 bridgehead atoms. The molecule has 1 N–H and O–H groups in total. The van der Waals surface area contributed by atoms with E-state index in [0.29, 0.717) is 32.8 Å². The number of aryl methyl sites for hydroxylation is 1. The molecule has 4 rings (SSSR count). The highest BCUT2D eigenvalue weighted by Gasteiger charge is 2.47. The largest absolute Gasteiger partial charge is 0.446 e. The number of nitrogens with one attached hydrogen (secondary N) is 1. The molecule has 2 fully saturated rings. The number of carbonyl (C=O) groups excluding carboxylic acids is 1.